The Bertz CT molecular complexity index is 293. The minimum Gasteiger partial charge on any atom is -0.460 e. The summed E-state index contributed by atoms with van der Waals surface area (Å²) in [6.45, 7) is 5.04. The van der Waals surface area contributed by atoms with Crippen LogP contribution in [0.25, 0.3) is 0 Å². The molecule has 104 valence electrons. The van der Waals surface area contributed by atoms with E-state index in [0.29, 0.717) is 12.0 Å². The molecule has 1 saturated carbocycles. The molecule has 1 aliphatic carbocycles. The molecule has 0 aromatic carbocycles. The molecule has 2 atom stereocenters. The van der Waals surface area contributed by atoms with Gasteiger partial charge in [-0.3, -0.25) is 0 Å². The molecule has 1 aliphatic heterocycles. The van der Waals surface area contributed by atoms with Crippen molar-refractivity contribution in [2.75, 3.05) is 6.54 Å². The van der Waals surface area contributed by atoms with Crippen LogP contribution < -0.4 is 5.73 Å². The third-order valence-corrected chi connectivity index (χ3v) is 4.20. The van der Waals surface area contributed by atoms with E-state index in [0.717, 1.165) is 38.5 Å². The topological polar surface area (TPSA) is 61.5 Å². The van der Waals surface area contributed by atoms with Gasteiger partial charge in [0.15, 0.2) is 6.10 Å². The van der Waals surface area contributed by atoms with Gasteiger partial charge in [0.1, 0.15) is 6.10 Å². The van der Waals surface area contributed by atoms with Gasteiger partial charge in [0.25, 0.3) is 0 Å². The summed E-state index contributed by atoms with van der Waals surface area (Å²) in [5.74, 6) is -0.185. The molecule has 1 heterocycles. The van der Waals surface area contributed by atoms with Crippen molar-refractivity contribution in [2.45, 2.75) is 70.7 Å². The fourth-order valence-electron chi connectivity index (χ4n) is 2.78. The van der Waals surface area contributed by atoms with Crippen molar-refractivity contribution >= 4 is 5.97 Å². The molecular weight excluding hydrogens is 230 g/mol. The fourth-order valence-corrected chi connectivity index (χ4v) is 2.78. The highest BCUT2D eigenvalue weighted by molar-refractivity contribution is 5.75. The lowest BCUT2D eigenvalue weighted by Crippen LogP contribution is -2.33. The summed E-state index contributed by atoms with van der Waals surface area (Å²) in [6, 6.07) is 0. The zero-order chi connectivity index (χ0) is 13.2. The van der Waals surface area contributed by atoms with Crippen molar-refractivity contribution in [3.8, 4) is 0 Å². The van der Waals surface area contributed by atoms with Gasteiger partial charge in [-0.1, -0.05) is 13.8 Å². The van der Waals surface area contributed by atoms with E-state index in [4.69, 9.17) is 15.2 Å². The summed E-state index contributed by atoms with van der Waals surface area (Å²) in [5.41, 5.74) is 5.93. The van der Waals surface area contributed by atoms with Gasteiger partial charge in [-0.15, -0.1) is 0 Å². The summed E-state index contributed by atoms with van der Waals surface area (Å²) < 4.78 is 11.1. The molecule has 0 bridgehead atoms. The van der Waals surface area contributed by atoms with Crippen LogP contribution >= 0.6 is 0 Å². The van der Waals surface area contributed by atoms with E-state index in [9.17, 15) is 4.79 Å². The average Bonchev–Trinajstić information content (AvgIpc) is 2.80. The first kappa shape index (κ1) is 13.8. The largest absolute Gasteiger partial charge is 0.460 e. The highest BCUT2D eigenvalue weighted by atomic mass is 16.6. The third-order valence-electron chi connectivity index (χ3n) is 4.20. The van der Waals surface area contributed by atoms with Crippen molar-refractivity contribution in [1.29, 1.82) is 0 Å². The Morgan fingerprint density at radius 2 is 1.94 bits per heavy atom. The van der Waals surface area contributed by atoms with E-state index < -0.39 is 0 Å². The van der Waals surface area contributed by atoms with Crippen LogP contribution in [-0.2, 0) is 14.3 Å². The second kappa shape index (κ2) is 5.57. The molecule has 0 aromatic heterocycles. The number of ether oxygens (including phenoxy) is 2. The molecule has 0 aromatic rings. The minimum atomic E-state index is -0.381. The van der Waals surface area contributed by atoms with E-state index in [-0.39, 0.29) is 24.3 Å². The molecule has 2 aliphatic rings. The van der Waals surface area contributed by atoms with Crippen molar-refractivity contribution in [3.63, 3.8) is 0 Å². The number of nitrogens with two attached hydrogens (primary N) is 1. The van der Waals surface area contributed by atoms with Gasteiger partial charge in [-0.05, 0) is 43.9 Å². The second-order valence-corrected chi connectivity index (χ2v) is 6.36. The van der Waals surface area contributed by atoms with Gasteiger partial charge in [0.2, 0.25) is 0 Å². The first-order valence-corrected chi connectivity index (χ1v) is 7.06. The van der Waals surface area contributed by atoms with E-state index >= 15 is 0 Å². The quantitative estimate of drug-likeness (QED) is 0.784. The first-order chi connectivity index (χ1) is 8.50. The lowest BCUT2D eigenvalue weighted by Gasteiger charge is -2.34. The standard InChI is InChI=1S/C14H25NO3/c1-14(2)7-5-10(6-8-14)18-13(16)12-4-3-11(9-15)17-12/h10-12H,3-9,15H2,1-2H3. The predicted octanol–water partition coefficient (Wildman–Crippen LogP) is 2.00. The summed E-state index contributed by atoms with van der Waals surface area (Å²) in [5, 5.41) is 0. The van der Waals surface area contributed by atoms with Crippen LogP contribution in [0.2, 0.25) is 0 Å². The second-order valence-electron chi connectivity index (χ2n) is 6.36. The van der Waals surface area contributed by atoms with Crippen molar-refractivity contribution < 1.29 is 14.3 Å². The highest BCUT2D eigenvalue weighted by Gasteiger charge is 2.34. The van der Waals surface area contributed by atoms with Crippen LogP contribution in [0.3, 0.4) is 0 Å². The molecule has 4 heteroatoms. The maximum Gasteiger partial charge on any atom is 0.335 e. The third kappa shape index (κ3) is 3.45. The van der Waals surface area contributed by atoms with Gasteiger partial charge in [-0.2, -0.15) is 0 Å². The molecule has 0 spiro atoms. The number of hydrogen-bond acceptors (Lipinski definition) is 4. The molecule has 18 heavy (non-hydrogen) atoms. The molecule has 2 fully saturated rings. The molecule has 0 radical (unpaired) electrons. The molecule has 2 N–H and O–H groups in total. The van der Waals surface area contributed by atoms with Crippen LogP contribution in [-0.4, -0.2) is 30.8 Å². The number of rotatable bonds is 3. The number of hydrogen-bond donors (Lipinski definition) is 1. The van der Waals surface area contributed by atoms with Gasteiger partial charge < -0.3 is 15.2 Å². The minimum absolute atomic E-state index is 0.0350. The summed E-state index contributed by atoms with van der Waals surface area (Å²) >= 11 is 0. The SMILES string of the molecule is CC1(C)CCC(OC(=O)C2CCC(CN)O2)CC1. The number of carbonyl (C=O) groups excluding carboxylic acids is 1. The lowest BCUT2D eigenvalue weighted by molar-refractivity contribution is -0.164. The van der Waals surface area contributed by atoms with Crippen LogP contribution in [0.15, 0.2) is 0 Å². The van der Waals surface area contributed by atoms with Gasteiger partial charge in [-0.25, -0.2) is 4.79 Å². The summed E-state index contributed by atoms with van der Waals surface area (Å²) in [7, 11) is 0. The maximum atomic E-state index is 11.9. The Hall–Kier alpha value is -0.610. The monoisotopic (exact) mass is 255 g/mol. The zero-order valence-corrected chi connectivity index (χ0v) is 11.5. The Morgan fingerprint density at radius 1 is 1.28 bits per heavy atom. The number of esters is 1. The van der Waals surface area contributed by atoms with Crippen LogP contribution in [0.5, 0.6) is 0 Å². The van der Waals surface area contributed by atoms with E-state index in [2.05, 4.69) is 13.8 Å². The fraction of sp³-hybridized carbons (Fsp3) is 0.929. The van der Waals surface area contributed by atoms with Gasteiger partial charge >= 0.3 is 5.97 Å². The smallest absolute Gasteiger partial charge is 0.335 e. The Morgan fingerprint density at radius 3 is 2.50 bits per heavy atom. The molecule has 0 amide bonds. The van der Waals surface area contributed by atoms with Crippen LogP contribution in [0.1, 0.15) is 52.4 Å². The molecule has 4 nitrogen and oxygen atoms in total. The van der Waals surface area contributed by atoms with Crippen molar-refractivity contribution in [3.05, 3.63) is 0 Å². The van der Waals surface area contributed by atoms with Crippen molar-refractivity contribution in [2.24, 2.45) is 11.1 Å². The highest BCUT2D eigenvalue weighted by Crippen LogP contribution is 2.36. The maximum absolute atomic E-state index is 11.9. The predicted molar refractivity (Wildman–Crippen MR) is 69.1 cm³/mol. The van der Waals surface area contributed by atoms with Crippen LogP contribution in [0.4, 0.5) is 0 Å². The van der Waals surface area contributed by atoms with E-state index in [1.165, 1.54) is 0 Å². The Kier molecular flexibility index (Phi) is 4.28. The molecule has 1 saturated heterocycles. The number of carbonyl (C=O) groups is 1. The Labute approximate surface area is 109 Å². The van der Waals surface area contributed by atoms with E-state index in [1.807, 2.05) is 0 Å². The molecule has 2 rings (SSSR count). The van der Waals surface area contributed by atoms with Gasteiger partial charge in [0, 0.05) is 6.54 Å². The normalized spacial score (nSPS) is 32.4. The lowest BCUT2D eigenvalue weighted by atomic mass is 9.76. The summed E-state index contributed by atoms with van der Waals surface area (Å²) in [6.07, 6.45) is 5.57. The van der Waals surface area contributed by atoms with Gasteiger partial charge in [0.05, 0.1) is 6.10 Å². The van der Waals surface area contributed by atoms with E-state index in [1.54, 1.807) is 0 Å². The Balaban J connectivity index is 1.75. The first-order valence-electron chi connectivity index (χ1n) is 7.06. The molecule has 2 unspecified atom stereocenters. The molecular formula is C14H25NO3. The summed E-state index contributed by atoms with van der Waals surface area (Å²) in [4.78, 5) is 11.9. The van der Waals surface area contributed by atoms with Crippen molar-refractivity contribution in [1.82, 2.24) is 0 Å². The zero-order valence-electron chi connectivity index (χ0n) is 11.5. The average molecular weight is 255 g/mol. The van der Waals surface area contributed by atoms with Crippen LogP contribution in [0, 0.1) is 5.41 Å².